The van der Waals surface area contributed by atoms with E-state index in [0.29, 0.717) is 24.3 Å². The number of anilines is 1. The number of carbonyl (C=O) groups is 1. The number of benzene rings is 2. The number of carbonyl (C=O) groups excluding carboxylic acids is 1. The summed E-state index contributed by atoms with van der Waals surface area (Å²) in [4.78, 5) is 15.4. The lowest BCUT2D eigenvalue weighted by atomic mass is 9.77. The largest absolute Gasteiger partial charge is 0.490 e. The second-order valence-corrected chi connectivity index (χ2v) is 8.75. The Labute approximate surface area is 182 Å². The topological polar surface area (TPSA) is 74.4 Å². The number of alkyl halides is 3. The maximum atomic E-state index is 12.7. The molecule has 5 nitrogen and oxygen atoms in total. The molecule has 2 aromatic carbocycles. The lowest BCUT2D eigenvalue weighted by molar-refractivity contribution is -0.137. The molecule has 1 heterocycles. The number of aromatic nitrogens is 1. The number of H-pyrrole nitrogens is 1. The number of amides is 1. The number of aromatic amines is 1. The van der Waals surface area contributed by atoms with E-state index in [2.05, 4.69) is 10.3 Å². The van der Waals surface area contributed by atoms with Gasteiger partial charge in [-0.25, -0.2) is 0 Å². The third-order valence-electron chi connectivity index (χ3n) is 6.50. The van der Waals surface area contributed by atoms with Crippen LogP contribution in [0.25, 0.3) is 10.9 Å². The Morgan fingerprint density at radius 2 is 1.78 bits per heavy atom. The lowest BCUT2D eigenvalue weighted by Crippen LogP contribution is -2.37. The molecule has 3 N–H and O–H groups in total. The minimum atomic E-state index is -4.32. The maximum Gasteiger partial charge on any atom is 0.416 e. The number of nitrogens with one attached hydrogen (secondary N) is 2. The second-order valence-electron chi connectivity index (χ2n) is 8.75. The zero-order valence-corrected chi connectivity index (χ0v) is 17.2. The molecule has 3 aromatic rings. The van der Waals surface area contributed by atoms with Gasteiger partial charge < -0.3 is 20.1 Å². The number of ether oxygens (including phenoxy) is 1. The summed E-state index contributed by atoms with van der Waals surface area (Å²) in [6.07, 6.45) is -0.511. The lowest BCUT2D eigenvalue weighted by Gasteiger charge is -2.35. The van der Waals surface area contributed by atoms with Crippen LogP contribution in [0.15, 0.2) is 48.7 Å². The molecule has 8 heteroatoms. The van der Waals surface area contributed by atoms with E-state index < -0.39 is 11.7 Å². The van der Waals surface area contributed by atoms with Crippen molar-refractivity contribution >= 4 is 22.5 Å². The number of aliphatic hydroxyl groups is 1. The Hall–Kier alpha value is -3.00. The zero-order chi connectivity index (χ0) is 22.5. The fourth-order valence-corrected chi connectivity index (χ4v) is 4.38. The van der Waals surface area contributed by atoms with E-state index in [0.717, 1.165) is 41.4 Å². The Morgan fingerprint density at radius 3 is 2.44 bits per heavy atom. The first-order valence-electron chi connectivity index (χ1n) is 10.7. The van der Waals surface area contributed by atoms with Crippen LogP contribution in [0, 0.1) is 5.92 Å². The van der Waals surface area contributed by atoms with Crippen LogP contribution in [0.2, 0.25) is 0 Å². The standard InChI is InChI=1S/C24H23F3N2O3/c25-24(26,27)16-3-1-13(2-4-16)14-9-19(10-14)32-18-5-6-21-20(11-18)22(12-28-21)29-23(31)15-7-17(30)8-15/h1-6,11-12,14-15,17,19,28,30H,7-10H2,(H,29,31)/t14-,15-,17+,19+. The smallest absolute Gasteiger partial charge is 0.416 e. The summed E-state index contributed by atoms with van der Waals surface area (Å²) in [5, 5.41) is 13.2. The van der Waals surface area contributed by atoms with Crippen LogP contribution >= 0.6 is 0 Å². The molecule has 0 spiro atoms. The normalized spacial score (nSPS) is 25.1. The Morgan fingerprint density at radius 1 is 1.06 bits per heavy atom. The van der Waals surface area contributed by atoms with E-state index >= 15 is 0 Å². The molecule has 2 aliphatic carbocycles. The van der Waals surface area contributed by atoms with Gasteiger partial charge in [-0.2, -0.15) is 13.2 Å². The Bertz CT molecular complexity index is 1130. The third-order valence-corrected chi connectivity index (χ3v) is 6.50. The van der Waals surface area contributed by atoms with Gasteiger partial charge in [-0.15, -0.1) is 0 Å². The van der Waals surface area contributed by atoms with Crippen LogP contribution in [0.1, 0.15) is 42.7 Å². The van der Waals surface area contributed by atoms with Gasteiger partial charge in [-0.05, 0) is 67.5 Å². The molecule has 0 aliphatic heterocycles. The van der Waals surface area contributed by atoms with E-state index in [9.17, 15) is 23.1 Å². The number of aliphatic hydroxyl groups excluding tert-OH is 1. The highest BCUT2D eigenvalue weighted by molar-refractivity contribution is 6.03. The summed E-state index contributed by atoms with van der Waals surface area (Å²) in [6, 6.07) is 11.0. The zero-order valence-electron chi connectivity index (χ0n) is 17.2. The molecule has 0 atom stereocenters. The Kier molecular flexibility index (Phi) is 5.12. The van der Waals surface area contributed by atoms with Gasteiger partial charge in [0, 0.05) is 23.0 Å². The average molecular weight is 444 g/mol. The van der Waals surface area contributed by atoms with Crippen molar-refractivity contribution in [2.24, 2.45) is 5.92 Å². The minimum absolute atomic E-state index is 0.00631. The molecule has 2 fully saturated rings. The van der Waals surface area contributed by atoms with Crippen LogP contribution < -0.4 is 10.1 Å². The molecule has 0 bridgehead atoms. The summed E-state index contributed by atoms with van der Waals surface area (Å²) < 4.78 is 44.3. The summed E-state index contributed by atoms with van der Waals surface area (Å²) in [5.74, 6) is 0.612. The molecular weight excluding hydrogens is 421 g/mol. The first kappa shape index (κ1) is 20.9. The summed E-state index contributed by atoms with van der Waals surface area (Å²) >= 11 is 0. The van der Waals surface area contributed by atoms with Crippen molar-refractivity contribution < 1.29 is 27.8 Å². The number of hydrogen-bond acceptors (Lipinski definition) is 3. The predicted octanol–water partition coefficient (Wildman–Crippen LogP) is 5.22. The van der Waals surface area contributed by atoms with E-state index in [1.54, 1.807) is 18.3 Å². The maximum absolute atomic E-state index is 12.7. The summed E-state index contributed by atoms with van der Waals surface area (Å²) in [6.45, 7) is 0. The van der Waals surface area contributed by atoms with Crippen molar-refractivity contribution in [3.05, 3.63) is 59.8 Å². The van der Waals surface area contributed by atoms with Crippen LogP contribution in [-0.4, -0.2) is 28.2 Å². The highest BCUT2D eigenvalue weighted by atomic mass is 19.4. The van der Waals surface area contributed by atoms with Gasteiger partial charge >= 0.3 is 6.18 Å². The van der Waals surface area contributed by atoms with Crippen LogP contribution in [0.4, 0.5) is 18.9 Å². The van der Waals surface area contributed by atoms with Crippen molar-refractivity contribution in [2.75, 3.05) is 5.32 Å². The first-order valence-corrected chi connectivity index (χ1v) is 10.7. The van der Waals surface area contributed by atoms with Crippen molar-refractivity contribution in [1.29, 1.82) is 0 Å². The van der Waals surface area contributed by atoms with Crippen LogP contribution in [0.3, 0.4) is 0 Å². The average Bonchev–Trinajstić information content (AvgIpc) is 3.09. The van der Waals surface area contributed by atoms with Crippen LogP contribution in [-0.2, 0) is 11.0 Å². The number of rotatable bonds is 5. The van der Waals surface area contributed by atoms with E-state index in [4.69, 9.17) is 4.74 Å². The van der Waals surface area contributed by atoms with E-state index in [1.165, 1.54) is 0 Å². The monoisotopic (exact) mass is 444 g/mol. The molecule has 1 aromatic heterocycles. The van der Waals surface area contributed by atoms with Gasteiger partial charge in [0.05, 0.1) is 23.5 Å². The summed E-state index contributed by atoms with van der Waals surface area (Å²) in [5.41, 5.74) is 1.81. The fourth-order valence-electron chi connectivity index (χ4n) is 4.38. The van der Waals surface area contributed by atoms with Crippen molar-refractivity contribution in [2.45, 2.75) is 50.0 Å². The third kappa shape index (κ3) is 4.07. The van der Waals surface area contributed by atoms with E-state index in [-0.39, 0.29) is 30.0 Å². The van der Waals surface area contributed by atoms with Crippen molar-refractivity contribution in [1.82, 2.24) is 4.98 Å². The minimum Gasteiger partial charge on any atom is -0.490 e. The predicted molar refractivity (Wildman–Crippen MR) is 113 cm³/mol. The van der Waals surface area contributed by atoms with Gasteiger partial charge in [0.1, 0.15) is 5.75 Å². The molecule has 5 rings (SSSR count). The van der Waals surface area contributed by atoms with Gasteiger partial charge in [-0.1, -0.05) is 12.1 Å². The molecule has 0 unspecified atom stereocenters. The molecule has 0 saturated heterocycles. The first-order chi connectivity index (χ1) is 15.3. The Balaban J connectivity index is 1.20. The van der Waals surface area contributed by atoms with Gasteiger partial charge in [0.15, 0.2) is 0 Å². The van der Waals surface area contributed by atoms with E-state index in [1.807, 2.05) is 18.2 Å². The molecule has 32 heavy (non-hydrogen) atoms. The fraction of sp³-hybridized carbons (Fsp3) is 0.375. The molecule has 2 aliphatic rings. The second kappa shape index (κ2) is 7.85. The number of hydrogen-bond donors (Lipinski definition) is 3. The van der Waals surface area contributed by atoms with Crippen molar-refractivity contribution in [3.63, 3.8) is 0 Å². The molecule has 0 radical (unpaired) electrons. The van der Waals surface area contributed by atoms with Gasteiger partial charge in [0.2, 0.25) is 5.91 Å². The SMILES string of the molecule is O=C(Nc1c[nH]c2ccc(O[C@H]3C[C@@H](c4ccc(C(F)(F)F)cc4)C3)cc12)[C@H]1C[C@@H](O)C1. The highest BCUT2D eigenvalue weighted by Gasteiger charge is 2.35. The van der Waals surface area contributed by atoms with Gasteiger partial charge in [0.25, 0.3) is 0 Å². The summed E-state index contributed by atoms with van der Waals surface area (Å²) in [7, 11) is 0. The van der Waals surface area contributed by atoms with Gasteiger partial charge in [-0.3, -0.25) is 4.79 Å². The van der Waals surface area contributed by atoms with Crippen molar-refractivity contribution in [3.8, 4) is 5.75 Å². The molecule has 168 valence electrons. The number of halogens is 3. The quantitative estimate of drug-likeness (QED) is 0.505. The number of fused-ring (bicyclic) bond motifs is 1. The molecule has 2 saturated carbocycles. The highest BCUT2D eigenvalue weighted by Crippen LogP contribution is 2.41. The van der Waals surface area contributed by atoms with Crippen LogP contribution in [0.5, 0.6) is 5.75 Å². The molecular formula is C24H23F3N2O3. The molecule has 1 amide bonds.